The molecule has 0 saturated carbocycles. The van der Waals surface area contributed by atoms with Crippen molar-refractivity contribution in [1.82, 2.24) is 5.32 Å². The van der Waals surface area contributed by atoms with Gasteiger partial charge in [-0.05, 0) is 19.3 Å². The molecule has 11 heteroatoms. The highest BCUT2D eigenvalue weighted by Crippen LogP contribution is 2.48. The molecule has 2 aliphatic rings. The van der Waals surface area contributed by atoms with Crippen molar-refractivity contribution in [3.05, 3.63) is 0 Å². The van der Waals surface area contributed by atoms with E-state index < -0.39 is 13.9 Å². The summed E-state index contributed by atoms with van der Waals surface area (Å²) in [6, 6.07) is 0. The minimum Gasteiger partial charge on any atom is -1.00 e. The maximum atomic E-state index is 12.3. The van der Waals surface area contributed by atoms with Crippen LogP contribution in [0.1, 0.15) is 122 Å². The van der Waals surface area contributed by atoms with E-state index in [1.807, 2.05) is 21.1 Å². The van der Waals surface area contributed by atoms with Crippen LogP contribution in [0.15, 0.2) is 0 Å². The molecular weight excluding hydrogens is 635 g/mol. The minimum atomic E-state index is -4.15. The van der Waals surface area contributed by atoms with Crippen molar-refractivity contribution in [1.29, 1.82) is 0 Å². The van der Waals surface area contributed by atoms with Crippen molar-refractivity contribution in [3.8, 4) is 0 Å². The van der Waals surface area contributed by atoms with Crippen LogP contribution in [0, 0.1) is 11.8 Å². The van der Waals surface area contributed by atoms with Crippen molar-refractivity contribution in [2.75, 3.05) is 54.1 Å². The summed E-state index contributed by atoms with van der Waals surface area (Å²) in [4.78, 5) is 22.4. The number of quaternary nitrogens is 1. The van der Waals surface area contributed by atoms with Gasteiger partial charge in [-0.2, -0.15) is 0 Å². The number of hydrogen-bond acceptors (Lipinski definition) is 6. The van der Waals surface area contributed by atoms with Crippen LogP contribution in [-0.2, 0) is 23.1 Å². The Morgan fingerprint density at radius 3 is 1.74 bits per heavy atom. The van der Waals surface area contributed by atoms with E-state index in [0.29, 0.717) is 17.6 Å². The molecule has 1 unspecified atom stereocenters. The first-order valence-electron chi connectivity index (χ1n) is 17.1. The number of carbonyl (C=O) groups is 1. The highest BCUT2D eigenvalue weighted by Gasteiger charge is 2.50. The molecule has 9 nitrogen and oxygen atoms in total. The Labute approximate surface area is 273 Å². The number of rotatable bonds is 26. The lowest BCUT2D eigenvalue weighted by atomic mass is 9.80. The van der Waals surface area contributed by atoms with E-state index in [-0.39, 0.29) is 60.8 Å². The zero-order valence-corrected chi connectivity index (χ0v) is 30.2. The van der Waals surface area contributed by atoms with Crippen LogP contribution in [0.5, 0.6) is 0 Å². The monoisotopic (exact) mass is 698 g/mol. The summed E-state index contributed by atoms with van der Waals surface area (Å²) in [5.74, 6) is -0.143. The van der Waals surface area contributed by atoms with Gasteiger partial charge in [0, 0.05) is 18.4 Å². The maximum absolute atomic E-state index is 12.3. The quantitative estimate of drug-likeness (QED) is 0.0773. The Kier molecular flexibility index (Phi) is 22.0. The molecule has 256 valence electrons. The van der Waals surface area contributed by atoms with Crippen molar-refractivity contribution >= 4 is 13.9 Å². The molecule has 0 spiro atoms. The molecule has 2 aliphatic heterocycles. The van der Waals surface area contributed by atoms with E-state index in [1.54, 1.807) is 0 Å². The van der Waals surface area contributed by atoms with Gasteiger partial charge >= 0.3 is 13.9 Å². The summed E-state index contributed by atoms with van der Waals surface area (Å²) >= 11 is 0. The average molecular weight is 700 g/mol. The van der Waals surface area contributed by atoms with Crippen LogP contribution in [0.4, 0.5) is 4.79 Å². The lowest BCUT2D eigenvalue weighted by Crippen LogP contribution is -3.00. The summed E-state index contributed by atoms with van der Waals surface area (Å²) < 4.78 is 35.0. The molecule has 43 heavy (non-hydrogen) atoms. The summed E-state index contributed by atoms with van der Waals surface area (Å²) in [7, 11) is 1.82. The number of halogens is 1. The first-order chi connectivity index (χ1) is 20.1. The molecule has 0 aliphatic carbocycles. The normalized spacial score (nSPS) is 22.7. The molecular formula is C32H64BrN2O7P. The van der Waals surface area contributed by atoms with Gasteiger partial charge in [-0.15, -0.1) is 0 Å². The van der Waals surface area contributed by atoms with E-state index in [2.05, 4.69) is 12.2 Å². The Morgan fingerprint density at radius 2 is 1.26 bits per heavy atom. The zero-order chi connectivity index (χ0) is 30.7. The van der Waals surface area contributed by atoms with Crippen LogP contribution in [0.2, 0.25) is 0 Å². The topological polar surface area (TPSA) is 103 Å². The number of amides is 1. The lowest BCUT2D eigenvalue weighted by molar-refractivity contribution is -0.870. The number of hydrogen-bond donors (Lipinski definition) is 2. The summed E-state index contributed by atoms with van der Waals surface area (Å²) in [6.45, 7) is 3.89. The molecule has 2 N–H and O–H groups in total. The predicted octanol–water partition coefficient (Wildman–Crippen LogP) is 4.61. The van der Waals surface area contributed by atoms with Gasteiger partial charge in [-0.3, -0.25) is 9.05 Å². The lowest BCUT2D eigenvalue weighted by Gasteiger charge is -2.28. The fraction of sp³-hybridized carbons (Fsp3) is 0.969. The number of ether oxygens (including phenoxy) is 2. The summed E-state index contributed by atoms with van der Waals surface area (Å²) in [6.07, 6.45) is 22.5. The van der Waals surface area contributed by atoms with E-state index >= 15 is 0 Å². The zero-order valence-electron chi connectivity index (χ0n) is 27.7. The van der Waals surface area contributed by atoms with Crippen LogP contribution in [-0.4, -0.2) is 81.7 Å². The first kappa shape index (κ1) is 40.8. The van der Waals surface area contributed by atoms with Crippen LogP contribution >= 0.6 is 7.82 Å². The third-order valence-electron chi connectivity index (χ3n) is 8.74. The molecule has 1 amide bonds. The van der Waals surface area contributed by atoms with Gasteiger partial charge < -0.3 is 41.1 Å². The first-order valence-corrected chi connectivity index (χ1v) is 18.6. The Bertz CT molecular complexity index is 770. The summed E-state index contributed by atoms with van der Waals surface area (Å²) in [5, 5.41) is 2.87. The van der Waals surface area contributed by atoms with Crippen molar-refractivity contribution < 1.29 is 54.2 Å². The van der Waals surface area contributed by atoms with Gasteiger partial charge in [0.1, 0.15) is 13.2 Å². The molecule has 0 aromatic heterocycles. The number of unbranched alkanes of at least 4 members (excludes halogenated alkanes) is 15. The second kappa shape index (κ2) is 23.2. The SMILES string of the molecule is CCCCCCCCCCCCCCCCCCNC(=O)OC[C@@H]1[C@H](COP(=O)(O)OCC[N+](C)(C)C)[C@@H]2CC[C@H]1O2.[Br-]. The molecule has 2 rings (SSSR count). The maximum Gasteiger partial charge on any atom is 0.472 e. The second-order valence-corrected chi connectivity index (χ2v) is 15.0. The Hall–Kier alpha value is -0.220. The number of phosphoric acid groups is 1. The molecule has 2 fully saturated rings. The molecule has 0 aromatic rings. The number of nitrogens with one attached hydrogen (secondary N) is 1. The van der Waals surface area contributed by atoms with Gasteiger partial charge in [-0.25, -0.2) is 9.36 Å². The number of fused-ring (bicyclic) bond motifs is 2. The van der Waals surface area contributed by atoms with E-state index in [1.165, 1.54) is 89.9 Å². The fourth-order valence-electron chi connectivity index (χ4n) is 6.07. The largest absolute Gasteiger partial charge is 1.00 e. The molecule has 2 bridgehead atoms. The van der Waals surface area contributed by atoms with E-state index in [9.17, 15) is 14.3 Å². The van der Waals surface area contributed by atoms with Gasteiger partial charge in [0.25, 0.3) is 0 Å². The van der Waals surface area contributed by atoms with Gasteiger partial charge in [0.15, 0.2) is 0 Å². The van der Waals surface area contributed by atoms with E-state index in [0.717, 1.165) is 25.7 Å². The predicted molar refractivity (Wildman–Crippen MR) is 168 cm³/mol. The fourth-order valence-corrected chi connectivity index (χ4v) is 6.81. The Balaban J connectivity index is 0.00000924. The Morgan fingerprint density at radius 1 is 0.791 bits per heavy atom. The van der Waals surface area contributed by atoms with Crippen molar-refractivity contribution in [2.24, 2.45) is 11.8 Å². The molecule has 2 saturated heterocycles. The van der Waals surface area contributed by atoms with Crippen LogP contribution in [0.3, 0.4) is 0 Å². The highest BCUT2D eigenvalue weighted by atomic mass is 79.9. The third kappa shape index (κ3) is 19.1. The van der Waals surface area contributed by atoms with Crippen molar-refractivity contribution in [2.45, 2.75) is 135 Å². The molecule has 0 radical (unpaired) electrons. The summed E-state index contributed by atoms with van der Waals surface area (Å²) in [5.41, 5.74) is 0. The van der Waals surface area contributed by atoms with Gasteiger partial charge in [-0.1, -0.05) is 103 Å². The third-order valence-corrected chi connectivity index (χ3v) is 9.73. The number of likely N-dealkylation sites (N-methyl/N-ethyl adjacent to an activating group) is 1. The molecule has 0 aromatic carbocycles. The highest BCUT2D eigenvalue weighted by molar-refractivity contribution is 7.47. The van der Waals surface area contributed by atoms with Crippen molar-refractivity contribution in [3.63, 3.8) is 0 Å². The second-order valence-electron chi connectivity index (χ2n) is 13.6. The number of carbonyl (C=O) groups excluding carboxylic acids is 1. The van der Waals surface area contributed by atoms with Gasteiger partial charge in [0.05, 0.1) is 46.6 Å². The number of nitrogens with zero attached hydrogens (tertiary/aromatic N) is 1. The molecule has 2 heterocycles. The average Bonchev–Trinajstić information content (AvgIpc) is 3.53. The minimum absolute atomic E-state index is 0. The van der Waals surface area contributed by atoms with Crippen LogP contribution < -0.4 is 22.3 Å². The van der Waals surface area contributed by atoms with Crippen LogP contribution in [0.25, 0.3) is 0 Å². The molecule has 5 atom stereocenters. The smallest absolute Gasteiger partial charge is 0.472 e. The standard InChI is InChI=1S/C32H63N2O7P.BrH/c1-5-6-7-8-9-10-11-12-13-14-15-16-17-18-19-20-23-33-32(35)38-26-28-29(31-22-21-30(28)41-31)27-40-42(36,37)39-25-24-34(2,3)4;/h28-31H,5-27H2,1-4H3,(H-,33,35,36,37);1H/t28-,29+,30-,31+;/m1./s1. The van der Waals surface area contributed by atoms with Gasteiger partial charge in [0.2, 0.25) is 0 Å². The number of alkyl carbamates (subject to hydrolysis) is 1. The van der Waals surface area contributed by atoms with E-state index in [4.69, 9.17) is 18.5 Å². The number of phosphoric ester groups is 1.